The molecule has 3 rings (SSSR count). The number of hydrogen-bond acceptors (Lipinski definition) is 4. The molecule has 0 spiro atoms. The molecule has 0 atom stereocenters. The third kappa shape index (κ3) is 5.56. The Kier molecular flexibility index (Phi) is 6.42. The summed E-state index contributed by atoms with van der Waals surface area (Å²) < 4.78 is 69.5. The number of benzene rings is 3. The average Bonchev–Trinajstić information content (AvgIpc) is 2.71. The van der Waals surface area contributed by atoms with Gasteiger partial charge < -0.3 is 9.84 Å². The molecule has 0 unspecified atom stereocenters. The van der Waals surface area contributed by atoms with E-state index in [1.54, 1.807) is 30.3 Å². The summed E-state index contributed by atoms with van der Waals surface area (Å²) in [6.45, 7) is -0.271. The molecule has 0 bridgehead atoms. The van der Waals surface area contributed by atoms with Crippen LogP contribution in [0.2, 0.25) is 0 Å². The van der Waals surface area contributed by atoms with Crippen LogP contribution in [0, 0.1) is 0 Å². The summed E-state index contributed by atoms with van der Waals surface area (Å²) in [5, 5.41) is 14.9. The molecule has 0 aliphatic carbocycles. The van der Waals surface area contributed by atoms with Crippen LogP contribution in [0.1, 0.15) is 21.5 Å². The van der Waals surface area contributed by atoms with Gasteiger partial charge in [-0.2, -0.15) is 21.6 Å². The first-order valence-corrected chi connectivity index (χ1v) is 10.5. The molecule has 0 aliphatic heterocycles. The van der Waals surface area contributed by atoms with E-state index in [1.807, 2.05) is 0 Å². The smallest absolute Gasteiger partial charge is 0.416 e. The van der Waals surface area contributed by atoms with Crippen molar-refractivity contribution < 1.29 is 36.2 Å². The molecule has 3 aromatic carbocycles. The van der Waals surface area contributed by atoms with Crippen LogP contribution in [0.4, 0.5) is 18.9 Å². The van der Waals surface area contributed by atoms with E-state index in [0.29, 0.717) is 9.87 Å². The molecule has 0 aromatic heterocycles. The minimum atomic E-state index is -4.59. The molecule has 3 N–H and O–H groups in total. The van der Waals surface area contributed by atoms with Crippen molar-refractivity contribution in [1.29, 1.82) is 0 Å². The summed E-state index contributed by atoms with van der Waals surface area (Å²) in [7, 11) is -4.42. The number of aromatic carboxylic acids is 1. The third-order valence-corrected chi connectivity index (χ3v) is 5.28. The van der Waals surface area contributed by atoms with Crippen LogP contribution in [0.25, 0.3) is 0 Å². The van der Waals surface area contributed by atoms with Gasteiger partial charge in [0.15, 0.2) is 0 Å². The fraction of sp³-hybridized carbons (Fsp3) is 0.0952. The zero-order chi connectivity index (χ0) is 23.5. The Morgan fingerprint density at radius 2 is 1.62 bits per heavy atom. The molecule has 168 valence electrons. The minimum absolute atomic E-state index is 0.0777. The summed E-state index contributed by atoms with van der Waals surface area (Å²) in [6, 6.07) is 15.8. The lowest BCUT2D eigenvalue weighted by Gasteiger charge is -2.24. The molecule has 0 saturated carbocycles. The summed E-state index contributed by atoms with van der Waals surface area (Å²) >= 11 is 0. The van der Waals surface area contributed by atoms with Gasteiger partial charge in [0, 0.05) is 6.07 Å². The van der Waals surface area contributed by atoms with E-state index in [1.165, 1.54) is 12.1 Å². The van der Waals surface area contributed by atoms with Gasteiger partial charge in [-0.05, 0) is 35.9 Å². The number of nitrogens with two attached hydrogens (primary N) is 1. The van der Waals surface area contributed by atoms with Crippen LogP contribution >= 0.6 is 0 Å². The lowest BCUT2D eigenvalue weighted by molar-refractivity contribution is -0.137. The fourth-order valence-electron chi connectivity index (χ4n) is 2.90. The Labute approximate surface area is 181 Å². The predicted octanol–water partition coefficient (Wildman–Crippen LogP) is 4.41. The van der Waals surface area contributed by atoms with Crippen LogP contribution in [-0.4, -0.2) is 19.5 Å². The highest BCUT2D eigenvalue weighted by atomic mass is 32.2. The van der Waals surface area contributed by atoms with E-state index in [4.69, 9.17) is 9.88 Å². The molecule has 0 fully saturated rings. The normalized spacial score (nSPS) is 11.8. The summed E-state index contributed by atoms with van der Waals surface area (Å²) in [5.74, 6) is -1.67. The number of hydrogen-bond donors (Lipinski definition) is 2. The van der Waals surface area contributed by atoms with Gasteiger partial charge in [0.05, 0.1) is 23.4 Å². The van der Waals surface area contributed by atoms with Gasteiger partial charge in [-0.15, -0.1) is 0 Å². The maximum absolute atomic E-state index is 12.9. The Balaban J connectivity index is 2.04. The molecule has 0 heterocycles. The van der Waals surface area contributed by atoms with Gasteiger partial charge in [-0.25, -0.2) is 9.93 Å². The Bertz CT molecular complexity index is 1230. The zero-order valence-corrected chi connectivity index (χ0v) is 17.1. The second-order valence-corrected chi connectivity index (χ2v) is 8.12. The highest BCUT2D eigenvalue weighted by Crippen LogP contribution is 2.35. The molecular weight excluding hydrogens is 449 g/mol. The molecule has 3 aromatic rings. The van der Waals surface area contributed by atoms with Crippen LogP contribution in [0.3, 0.4) is 0 Å². The molecule has 7 nitrogen and oxygen atoms in total. The van der Waals surface area contributed by atoms with Crippen molar-refractivity contribution in [2.45, 2.75) is 12.7 Å². The van der Waals surface area contributed by atoms with Crippen LogP contribution in [0.15, 0.2) is 72.8 Å². The number of anilines is 1. The summed E-state index contributed by atoms with van der Waals surface area (Å²) in [6.07, 6.45) is -4.59. The summed E-state index contributed by atoms with van der Waals surface area (Å²) in [4.78, 5) is 11.7. The van der Waals surface area contributed by atoms with Crippen molar-refractivity contribution in [2.24, 2.45) is 5.14 Å². The number of halogens is 3. The first-order chi connectivity index (χ1) is 14.9. The number of ether oxygens (including phenoxy) is 1. The Morgan fingerprint density at radius 1 is 0.969 bits per heavy atom. The second-order valence-electron chi connectivity index (χ2n) is 6.65. The molecule has 0 aliphatic rings. The van der Waals surface area contributed by atoms with Crippen molar-refractivity contribution in [3.8, 4) is 11.5 Å². The van der Waals surface area contributed by atoms with E-state index in [9.17, 15) is 31.5 Å². The minimum Gasteiger partial charge on any atom is -0.478 e. The van der Waals surface area contributed by atoms with Crippen molar-refractivity contribution in [2.75, 3.05) is 4.31 Å². The third-order valence-electron chi connectivity index (χ3n) is 4.34. The maximum atomic E-state index is 12.9. The quantitative estimate of drug-likeness (QED) is 0.536. The van der Waals surface area contributed by atoms with E-state index in [-0.39, 0.29) is 29.3 Å². The van der Waals surface area contributed by atoms with Crippen LogP contribution in [-0.2, 0) is 22.9 Å². The van der Waals surface area contributed by atoms with Gasteiger partial charge in [0.25, 0.3) is 10.2 Å². The predicted molar refractivity (Wildman–Crippen MR) is 111 cm³/mol. The number of carboxylic acids is 1. The number of rotatable bonds is 7. The van der Waals surface area contributed by atoms with Gasteiger partial charge in [0.2, 0.25) is 0 Å². The number of carbonyl (C=O) groups is 1. The number of carboxylic acid groups (broad SMARTS) is 1. The van der Waals surface area contributed by atoms with Crippen molar-refractivity contribution in [3.63, 3.8) is 0 Å². The highest BCUT2D eigenvalue weighted by molar-refractivity contribution is 7.90. The van der Waals surface area contributed by atoms with E-state index >= 15 is 0 Å². The molecular formula is C21H17F3N2O5S. The summed E-state index contributed by atoms with van der Waals surface area (Å²) in [5.41, 5.74) is -1.09. The van der Waals surface area contributed by atoms with Crippen LogP contribution < -0.4 is 14.2 Å². The van der Waals surface area contributed by atoms with Gasteiger partial charge >= 0.3 is 12.1 Å². The SMILES string of the molecule is NS(=O)(=O)N(Cc1ccccc1)c1cc(Oc2cccc(C(F)(F)F)c2)ccc1C(=O)O. The van der Waals surface area contributed by atoms with E-state index in [2.05, 4.69) is 0 Å². The van der Waals surface area contributed by atoms with Gasteiger partial charge in [-0.1, -0.05) is 36.4 Å². The Hall–Kier alpha value is -3.57. The van der Waals surface area contributed by atoms with Crippen molar-refractivity contribution in [1.82, 2.24) is 0 Å². The standard InChI is InChI=1S/C21H17F3N2O5S/c22-21(23,24)15-7-4-8-16(11-15)31-17-9-10-18(20(27)28)19(12-17)26(32(25,29)30)13-14-5-2-1-3-6-14/h1-12H,13H2,(H,27,28)(H2,25,29,30). The second kappa shape index (κ2) is 8.89. The molecule has 11 heteroatoms. The van der Waals surface area contributed by atoms with Crippen molar-refractivity contribution >= 4 is 21.9 Å². The van der Waals surface area contributed by atoms with Crippen LogP contribution in [0.5, 0.6) is 11.5 Å². The maximum Gasteiger partial charge on any atom is 0.416 e. The Morgan fingerprint density at radius 3 is 2.22 bits per heavy atom. The lowest BCUT2D eigenvalue weighted by atomic mass is 10.1. The molecule has 0 saturated heterocycles. The van der Waals surface area contributed by atoms with Crippen molar-refractivity contribution in [3.05, 3.63) is 89.5 Å². The van der Waals surface area contributed by atoms with Gasteiger partial charge in [-0.3, -0.25) is 4.31 Å². The fourth-order valence-corrected chi connectivity index (χ4v) is 3.65. The first-order valence-electron chi connectivity index (χ1n) is 9.02. The number of alkyl halides is 3. The first kappa shape index (κ1) is 23.1. The largest absolute Gasteiger partial charge is 0.478 e. The highest BCUT2D eigenvalue weighted by Gasteiger charge is 2.31. The average molecular weight is 466 g/mol. The topological polar surface area (TPSA) is 110 Å². The molecule has 32 heavy (non-hydrogen) atoms. The van der Waals surface area contributed by atoms with E-state index in [0.717, 1.165) is 30.3 Å². The monoisotopic (exact) mass is 466 g/mol. The van der Waals surface area contributed by atoms with E-state index < -0.39 is 27.9 Å². The number of nitrogens with zero attached hydrogens (tertiary/aromatic N) is 1. The molecule has 0 radical (unpaired) electrons. The molecule has 0 amide bonds. The van der Waals surface area contributed by atoms with Gasteiger partial charge in [0.1, 0.15) is 11.5 Å². The lowest BCUT2D eigenvalue weighted by Crippen LogP contribution is -2.37. The zero-order valence-electron chi connectivity index (χ0n) is 16.3.